The van der Waals surface area contributed by atoms with Crippen molar-refractivity contribution in [2.45, 2.75) is 57.4 Å². The second-order valence-corrected chi connectivity index (χ2v) is 12.0. The summed E-state index contributed by atoms with van der Waals surface area (Å²) in [6.45, 7) is 6.60. The maximum absolute atomic E-state index is 13.4. The van der Waals surface area contributed by atoms with Gasteiger partial charge in [0.05, 0.1) is 4.90 Å². The molecule has 4 N–H and O–H groups in total. The van der Waals surface area contributed by atoms with Crippen LogP contribution in [-0.4, -0.2) is 60.4 Å². The summed E-state index contributed by atoms with van der Waals surface area (Å²) in [5.74, 6) is -0.882. The van der Waals surface area contributed by atoms with E-state index >= 15 is 0 Å². The lowest BCUT2D eigenvalue weighted by Gasteiger charge is -2.29. The standard InChI is InChI=1S/C29H38N6O4S/c1-21(2)19-35(40(38,39)24-13-11-22(3)12-14-24)27(28(36)37)10-6-7-16-31-29(34-20-30)32-17-15-23-18-33-26-9-5-4-8-25(23)26/h4-5,8-9,11-14,18,21,27,33H,6-7,10,15-17,19H2,1-3H3,(H,36,37)(H2,31,32,34)/t27-/m0/s1. The van der Waals surface area contributed by atoms with Crippen LogP contribution in [0.25, 0.3) is 10.9 Å². The predicted octanol–water partition coefficient (Wildman–Crippen LogP) is 4.01. The van der Waals surface area contributed by atoms with Crippen LogP contribution < -0.4 is 10.6 Å². The van der Waals surface area contributed by atoms with E-state index in [9.17, 15) is 18.3 Å². The first-order valence-corrected chi connectivity index (χ1v) is 14.9. The van der Waals surface area contributed by atoms with Crippen LogP contribution in [0.4, 0.5) is 0 Å². The Balaban J connectivity index is 1.58. The highest BCUT2D eigenvalue weighted by atomic mass is 32.2. The molecule has 0 radical (unpaired) electrons. The van der Waals surface area contributed by atoms with Crippen LogP contribution in [0.1, 0.15) is 44.2 Å². The van der Waals surface area contributed by atoms with Gasteiger partial charge in [-0.25, -0.2) is 8.42 Å². The van der Waals surface area contributed by atoms with Crippen molar-refractivity contribution >= 4 is 32.9 Å². The molecule has 3 aromatic rings. The van der Waals surface area contributed by atoms with E-state index < -0.39 is 22.0 Å². The zero-order chi connectivity index (χ0) is 29.1. The Morgan fingerprint density at radius 3 is 2.55 bits per heavy atom. The minimum Gasteiger partial charge on any atom is -0.480 e. The Labute approximate surface area is 236 Å². The summed E-state index contributed by atoms with van der Waals surface area (Å²) in [4.78, 5) is 20.0. The second-order valence-electron chi connectivity index (χ2n) is 10.1. The van der Waals surface area contributed by atoms with E-state index in [-0.39, 0.29) is 23.8 Å². The Morgan fingerprint density at radius 1 is 1.15 bits per heavy atom. The number of aromatic nitrogens is 1. The van der Waals surface area contributed by atoms with Gasteiger partial charge in [0, 0.05) is 36.7 Å². The van der Waals surface area contributed by atoms with Crippen LogP contribution in [0.3, 0.4) is 0 Å². The summed E-state index contributed by atoms with van der Waals surface area (Å²) in [6.07, 6.45) is 5.73. The monoisotopic (exact) mass is 566 g/mol. The molecule has 0 aliphatic carbocycles. The van der Waals surface area contributed by atoms with Crippen LogP contribution in [0, 0.1) is 24.3 Å². The third-order valence-electron chi connectivity index (χ3n) is 6.50. The highest BCUT2D eigenvalue weighted by Gasteiger charge is 2.35. The summed E-state index contributed by atoms with van der Waals surface area (Å²) >= 11 is 0. The number of nitrogens with zero attached hydrogens (tertiary/aromatic N) is 3. The fourth-order valence-corrected chi connectivity index (χ4v) is 6.25. The number of para-hydroxylation sites is 1. The molecule has 0 saturated carbocycles. The molecule has 1 atom stereocenters. The molecule has 10 nitrogen and oxygen atoms in total. The quantitative estimate of drug-likeness (QED) is 0.0757. The zero-order valence-corrected chi connectivity index (χ0v) is 24.0. The summed E-state index contributed by atoms with van der Waals surface area (Å²) in [5.41, 5.74) is 3.15. The van der Waals surface area contributed by atoms with Gasteiger partial charge < -0.3 is 15.4 Å². The minimum atomic E-state index is -4.00. The fraction of sp³-hybridized carbons (Fsp3) is 0.414. The molecule has 0 aliphatic heterocycles. The van der Waals surface area contributed by atoms with Gasteiger partial charge in [0.25, 0.3) is 0 Å². The minimum absolute atomic E-state index is 0.0541. The number of aryl methyl sites for hydroxylation is 1. The largest absolute Gasteiger partial charge is 0.480 e. The Kier molecular flexibility index (Phi) is 11.1. The van der Waals surface area contributed by atoms with Crippen LogP contribution in [0.5, 0.6) is 0 Å². The number of hydrogen-bond donors (Lipinski definition) is 4. The average Bonchev–Trinajstić information content (AvgIpc) is 3.32. The van der Waals surface area contributed by atoms with Crippen molar-refractivity contribution in [3.63, 3.8) is 0 Å². The van der Waals surface area contributed by atoms with Crippen LogP contribution >= 0.6 is 0 Å². The number of aromatic amines is 1. The molecule has 0 aliphatic rings. The van der Waals surface area contributed by atoms with Crippen molar-refractivity contribution in [3.05, 3.63) is 65.9 Å². The molecule has 0 saturated heterocycles. The third-order valence-corrected chi connectivity index (χ3v) is 8.39. The van der Waals surface area contributed by atoms with E-state index in [1.165, 1.54) is 12.1 Å². The molecule has 214 valence electrons. The van der Waals surface area contributed by atoms with Crippen LogP contribution in [-0.2, 0) is 21.2 Å². The van der Waals surface area contributed by atoms with E-state index in [4.69, 9.17) is 5.26 Å². The highest BCUT2D eigenvalue weighted by molar-refractivity contribution is 7.89. The molecular weight excluding hydrogens is 528 g/mol. The van der Waals surface area contributed by atoms with Crippen molar-refractivity contribution in [1.82, 2.24) is 19.9 Å². The maximum atomic E-state index is 13.4. The number of hydrogen-bond acceptors (Lipinski definition) is 5. The molecule has 11 heteroatoms. The molecule has 0 fully saturated rings. The van der Waals surface area contributed by atoms with Gasteiger partial charge in [0.1, 0.15) is 6.04 Å². The number of nitrogens with one attached hydrogen (secondary N) is 3. The average molecular weight is 567 g/mol. The Hall–Kier alpha value is -3.88. The molecular formula is C29H38N6O4S. The number of carbonyl (C=O) groups is 1. The van der Waals surface area contributed by atoms with Gasteiger partial charge in [-0.1, -0.05) is 49.7 Å². The molecule has 2 aromatic carbocycles. The van der Waals surface area contributed by atoms with Crippen molar-refractivity contribution in [2.75, 3.05) is 19.6 Å². The zero-order valence-electron chi connectivity index (χ0n) is 23.2. The van der Waals surface area contributed by atoms with Gasteiger partial charge >= 0.3 is 5.97 Å². The van der Waals surface area contributed by atoms with E-state index in [1.54, 1.807) is 12.1 Å². The van der Waals surface area contributed by atoms with Crippen molar-refractivity contribution in [1.29, 1.82) is 5.26 Å². The van der Waals surface area contributed by atoms with Crippen LogP contribution in [0.15, 0.2) is 64.6 Å². The predicted molar refractivity (Wildman–Crippen MR) is 156 cm³/mol. The van der Waals surface area contributed by atoms with Gasteiger partial charge in [-0.05, 0) is 62.3 Å². The van der Waals surface area contributed by atoms with Crippen molar-refractivity contribution in [3.8, 4) is 6.19 Å². The van der Waals surface area contributed by atoms with Crippen molar-refractivity contribution in [2.24, 2.45) is 10.9 Å². The topological polar surface area (TPSA) is 151 Å². The number of guanidine groups is 1. The molecule has 40 heavy (non-hydrogen) atoms. The molecule has 0 unspecified atom stereocenters. The van der Waals surface area contributed by atoms with Gasteiger partial charge in [-0.2, -0.15) is 9.57 Å². The van der Waals surface area contributed by atoms with Crippen molar-refractivity contribution < 1.29 is 18.3 Å². The number of aliphatic carboxylic acids is 1. The van der Waals surface area contributed by atoms with Crippen LogP contribution in [0.2, 0.25) is 0 Å². The highest BCUT2D eigenvalue weighted by Crippen LogP contribution is 2.23. The number of unbranched alkanes of at least 4 members (excludes halogenated alkanes) is 1. The lowest BCUT2D eigenvalue weighted by Crippen LogP contribution is -2.46. The summed E-state index contributed by atoms with van der Waals surface area (Å²) < 4.78 is 28.0. The summed E-state index contributed by atoms with van der Waals surface area (Å²) in [7, 11) is -4.00. The first kappa shape index (κ1) is 30.7. The molecule has 0 bridgehead atoms. The van der Waals surface area contributed by atoms with E-state index in [0.717, 1.165) is 32.8 Å². The summed E-state index contributed by atoms with van der Waals surface area (Å²) in [6, 6.07) is 13.3. The van der Waals surface area contributed by atoms with Gasteiger partial charge in [-0.15, -0.1) is 0 Å². The Morgan fingerprint density at radius 2 is 1.88 bits per heavy atom. The number of carboxylic acids is 1. The molecule has 0 spiro atoms. The van der Waals surface area contributed by atoms with Gasteiger partial charge in [0.15, 0.2) is 6.19 Å². The maximum Gasteiger partial charge on any atom is 0.322 e. The lowest BCUT2D eigenvalue weighted by atomic mass is 10.1. The number of aliphatic imine (C=N–C) groups is 1. The van der Waals surface area contributed by atoms with Gasteiger partial charge in [0.2, 0.25) is 16.0 Å². The number of sulfonamides is 1. The number of carboxylic acid groups (broad SMARTS) is 1. The molecule has 1 heterocycles. The third kappa shape index (κ3) is 8.31. The number of H-pyrrole nitrogens is 1. The smallest absolute Gasteiger partial charge is 0.322 e. The number of nitriles is 1. The van der Waals surface area contributed by atoms with Gasteiger partial charge in [-0.3, -0.25) is 15.1 Å². The second kappa shape index (κ2) is 14.5. The lowest BCUT2D eigenvalue weighted by molar-refractivity contribution is -0.141. The SMILES string of the molecule is Cc1ccc(S(=O)(=O)N(CC(C)C)[C@@H](CCCCN=C(NC#N)NCCc2c[nH]c3ccccc23)C(=O)O)cc1. The van der Waals surface area contributed by atoms with E-state index in [1.807, 2.05) is 51.4 Å². The molecule has 0 amide bonds. The normalized spacial score (nSPS) is 12.9. The number of fused-ring (bicyclic) bond motifs is 1. The molecule has 1 aromatic heterocycles. The first-order valence-electron chi connectivity index (χ1n) is 13.4. The number of benzene rings is 2. The van der Waals surface area contributed by atoms with E-state index in [2.05, 4.69) is 26.7 Å². The van der Waals surface area contributed by atoms with E-state index in [0.29, 0.717) is 31.9 Å². The summed E-state index contributed by atoms with van der Waals surface area (Å²) in [5, 5.41) is 25.9. The Bertz CT molecular complexity index is 1440. The fourth-order valence-electron chi connectivity index (χ4n) is 4.48. The molecule has 3 rings (SSSR count). The first-order chi connectivity index (χ1) is 19.1. The number of rotatable bonds is 14.